The van der Waals surface area contributed by atoms with Crippen molar-refractivity contribution in [2.24, 2.45) is 17.3 Å². The van der Waals surface area contributed by atoms with Crippen LogP contribution in [0.2, 0.25) is 5.02 Å². The van der Waals surface area contributed by atoms with Crippen molar-refractivity contribution in [2.45, 2.75) is 32.7 Å². The molecule has 1 spiro atoms. The van der Waals surface area contributed by atoms with Crippen molar-refractivity contribution in [3.63, 3.8) is 0 Å². The number of hydrogen-bond acceptors (Lipinski definition) is 5. The topological polar surface area (TPSA) is 95.9 Å². The monoisotopic (exact) mass is 490 g/mol. The number of aliphatic hydroxyl groups excluding tert-OH is 1. The van der Waals surface area contributed by atoms with Crippen LogP contribution >= 0.6 is 11.6 Å². The van der Waals surface area contributed by atoms with Crippen LogP contribution in [-0.4, -0.2) is 54.4 Å². The van der Waals surface area contributed by atoms with Gasteiger partial charge in [0.1, 0.15) is 5.82 Å². The smallest absolute Gasteiger partial charge is 0.255 e. The molecular formula is C25H28ClFN2O5. The maximum absolute atomic E-state index is 14.2. The van der Waals surface area contributed by atoms with E-state index in [2.05, 4.69) is 5.32 Å². The maximum Gasteiger partial charge on any atom is 0.255 e. The number of aliphatic hydroxyl groups is 1. The lowest BCUT2D eigenvalue weighted by molar-refractivity contribution is -0.133. The van der Waals surface area contributed by atoms with Gasteiger partial charge in [0, 0.05) is 50.2 Å². The molecule has 2 amide bonds. The van der Waals surface area contributed by atoms with Gasteiger partial charge in [-0.25, -0.2) is 4.39 Å². The van der Waals surface area contributed by atoms with Gasteiger partial charge in [-0.05, 0) is 38.2 Å². The van der Waals surface area contributed by atoms with E-state index < -0.39 is 23.3 Å². The van der Waals surface area contributed by atoms with E-state index in [0.29, 0.717) is 32.5 Å². The molecule has 7 nitrogen and oxygen atoms in total. The first kappa shape index (κ1) is 24.4. The number of benzene rings is 1. The predicted molar refractivity (Wildman–Crippen MR) is 123 cm³/mol. The van der Waals surface area contributed by atoms with Crippen molar-refractivity contribution in [3.05, 3.63) is 57.6 Å². The van der Waals surface area contributed by atoms with Gasteiger partial charge in [0.15, 0.2) is 5.76 Å². The minimum Gasteiger partial charge on any atom is -0.504 e. The number of hydrogen-bond donors (Lipinski definition) is 2. The van der Waals surface area contributed by atoms with Crippen LogP contribution in [-0.2, 0) is 25.7 Å². The summed E-state index contributed by atoms with van der Waals surface area (Å²) in [5.74, 6) is -3.38. The van der Waals surface area contributed by atoms with Gasteiger partial charge in [-0.15, -0.1) is 0 Å². The third-order valence-electron chi connectivity index (χ3n) is 7.31. The molecule has 1 aromatic carbocycles. The average molecular weight is 491 g/mol. The Hall–Kier alpha value is -2.71. The van der Waals surface area contributed by atoms with Crippen LogP contribution in [0, 0.1) is 23.1 Å². The van der Waals surface area contributed by atoms with Crippen molar-refractivity contribution < 1.29 is 28.6 Å². The zero-order valence-corrected chi connectivity index (χ0v) is 20.0. The van der Waals surface area contributed by atoms with Crippen LogP contribution in [0.15, 0.2) is 41.2 Å². The number of ether oxygens (including phenoxy) is 1. The molecule has 1 saturated heterocycles. The first-order valence-corrected chi connectivity index (χ1v) is 11.8. The van der Waals surface area contributed by atoms with E-state index in [4.69, 9.17) is 16.3 Å². The summed E-state index contributed by atoms with van der Waals surface area (Å²) in [6, 6.07) is 4.43. The number of methoxy groups -OCH3 is 1. The quantitative estimate of drug-likeness (QED) is 0.596. The van der Waals surface area contributed by atoms with E-state index >= 15 is 0 Å². The molecule has 0 aromatic heterocycles. The largest absolute Gasteiger partial charge is 0.504 e. The molecule has 3 aliphatic rings. The lowest BCUT2D eigenvalue weighted by atomic mass is 9.72. The molecule has 4 rings (SSSR count). The lowest BCUT2D eigenvalue weighted by Gasteiger charge is -2.41. The van der Waals surface area contributed by atoms with E-state index in [1.165, 1.54) is 18.2 Å². The lowest BCUT2D eigenvalue weighted by Crippen LogP contribution is -2.49. The Balaban J connectivity index is 1.60. The highest BCUT2D eigenvalue weighted by Crippen LogP contribution is 2.63. The highest BCUT2D eigenvalue weighted by Gasteiger charge is 2.64. The molecule has 2 N–H and O–H groups in total. The van der Waals surface area contributed by atoms with E-state index in [1.54, 1.807) is 18.1 Å². The Labute approximate surface area is 202 Å². The minimum absolute atomic E-state index is 0.0708. The Morgan fingerprint density at radius 3 is 2.85 bits per heavy atom. The van der Waals surface area contributed by atoms with E-state index in [0.717, 1.165) is 6.42 Å². The molecule has 1 saturated carbocycles. The molecular weight excluding hydrogens is 463 g/mol. The summed E-state index contributed by atoms with van der Waals surface area (Å²) in [5, 5.41) is 13.4. The summed E-state index contributed by atoms with van der Waals surface area (Å²) in [6.45, 7) is 3.24. The van der Waals surface area contributed by atoms with Gasteiger partial charge in [-0.3, -0.25) is 14.4 Å². The summed E-state index contributed by atoms with van der Waals surface area (Å²) in [4.78, 5) is 40.9. The summed E-state index contributed by atoms with van der Waals surface area (Å²) < 4.78 is 19.5. The number of nitrogens with one attached hydrogen (secondary N) is 1. The molecule has 1 aliphatic heterocycles. The van der Waals surface area contributed by atoms with Crippen molar-refractivity contribution in [3.8, 4) is 0 Å². The molecule has 1 unspecified atom stereocenters. The molecule has 34 heavy (non-hydrogen) atoms. The highest BCUT2D eigenvalue weighted by atomic mass is 35.5. The van der Waals surface area contributed by atoms with Crippen LogP contribution in [0.1, 0.15) is 31.7 Å². The molecule has 9 heteroatoms. The third-order valence-corrected chi connectivity index (χ3v) is 7.60. The average Bonchev–Trinajstić information content (AvgIpc) is 3.50. The number of rotatable bonds is 6. The number of halogens is 2. The van der Waals surface area contributed by atoms with E-state index in [9.17, 15) is 23.9 Å². The predicted octanol–water partition coefficient (Wildman–Crippen LogP) is 3.33. The number of ketones is 1. The van der Waals surface area contributed by atoms with Gasteiger partial charge in [0.05, 0.1) is 16.2 Å². The molecule has 1 heterocycles. The molecule has 3 atom stereocenters. The SMILES string of the molecule is CCN1C[C@]2(C[C@H]2COC)C2CC/C=C(/C(=O)NCc3cccc(Cl)c3F)C(=O)/C(O)=C\2C1=O. The van der Waals surface area contributed by atoms with E-state index in [-0.39, 0.29) is 51.4 Å². The van der Waals surface area contributed by atoms with Crippen molar-refractivity contribution >= 4 is 29.2 Å². The Morgan fingerprint density at radius 2 is 2.15 bits per heavy atom. The first-order valence-electron chi connectivity index (χ1n) is 11.4. The van der Waals surface area contributed by atoms with Gasteiger partial charge < -0.3 is 20.1 Å². The molecule has 0 radical (unpaired) electrons. The fourth-order valence-electron chi connectivity index (χ4n) is 5.43. The standard InChI is InChI=1S/C25H28ClFN2O5/c1-3-29-13-25(10-15(25)12-34-2)17-8-5-7-16(21(30)22(31)19(17)24(29)33)23(32)28-11-14-6-4-9-18(26)20(14)27/h4,6-7,9,15,17,31H,3,5,8,10-13H2,1-2H3,(H,28,32)/b16-7+,22-19-/t15-,17?,25-/m0/s1. The van der Waals surface area contributed by atoms with E-state index in [1.807, 2.05) is 6.92 Å². The summed E-state index contributed by atoms with van der Waals surface area (Å²) in [6.07, 6.45) is 3.26. The summed E-state index contributed by atoms with van der Waals surface area (Å²) in [7, 11) is 1.64. The van der Waals surface area contributed by atoms with Crippen molar-refractivity contribution in [2.75, 3.05) is 26.8 Å². The summed E-state index contributed by atoms with van der Waals surface area (Å²) in [5.41, 5.74) is -0.230. The maximum atomic E-state index is 14.2. The zero-order chi connectivity index (χ0) is 24.6. The Bertz CT molecular complexity index is 1100. The molecule has 2 aliphatic carbocycles. The minimum atomic E-state index is -0.894. The van der Waals surface area contributed by atoms with Gasteiger partial charge in [0.2, 0.25) is 5.78 Å². The van der Waals surface area contributed by atoms with Crippen LogP contribution in [0.4, 0.5) is 4.39 Å². The number of nitrogens with zero attached hydrogens (tertiary/aromatic N) is 1. The second kappa shape index (κ2) is 9.50. The second-order valence-electron chi connectivity index (χ2n) is 9.14. The van der Waals surface area contributed by atoms with Crippen LogP contribution in [0.3, 0.4) is 0 Å². The van der Waals surface area contributed by atoms with Gasteiger partial charge in [0.25, 0.3) is 11.8 Å². The number of allylic oxidation sites excluding steroid dienone is 2. The zero-order valence-electron chi connectivity index (χ0n) is 19.2. The number of Topliss-reactive ketones (excluding diaryl/α,β-unsaturated/α-hetero) is 1. The number of fused-ring (bicyclic) bond motifs is 2. The number of carbonyl (C=O) groups is 3. The van der Waals surface area contributed by atoms with Crippen LogP contribution in [0.5, 0.6) is 0 Å². The number of piperidine rings is 1. The number of likely N-dealkylation sites (tertiary alicyclic amines) is 1. The van der Waals surface area contributed by atoms with Gasteiger partial charge in [-0.2, -0.15) is 0 Å². The molecule has 2 fully saturated rings. The molecule has 0 bridgehead atoms. The highest BCUT2D eigenvalue weighted by molar-refractivity contribution is 6.30. The van der Waals surface area contributed by atoms with Crippen molar-refractivity contribution in [1.82, 2.24) is 10.2 Å². The fourth-order valence-corrected chi connectivity index (χ4v) is 5.63. The molecule has 182 valence electrons. The Morgan fingerprint density at radius 1 is 1.38 bits per heavy atom. The summed E-state index contributed by atoms with van der Waals surface area (Å²) >= 11 is 5.78. The van der Waals surface area contributed by atoms with Gasteiger partial charge in [-0.1, -0.05) is 29.8 Å². The fraction of sp³-hybridized carbons (Fsp3) is 0.480. The number of amides is 2. The van der Waals surface area contributed by atoms with Gasteiger partial charge >= 0.3 is 0 Å². The molecule has 1 aromatic rings. The third kappa shape index (κ3) is 4.14. The van der Waals surface area contributed by atoms with Crippen LogP contribution < -0.4 is 5.32 Å². The second-order valence-corrected chi connectivity index (χ2v) is 9.55. The number of carbonyl (C=O) groups excluding carboxylic acids is 3. The Kier molecular flexibility index (Phi) is 6.82. The number of likely N-dealkylation sites (N-methyl/N-ethyl adjacent to an activating group) is 1. The first-order chi connectivity index (χ1) is 16.2. The van der Waals surface area contributed by atoms with Crippen LogP contribution in [0.25, 0.3) is 0 Å². The van der Waals surface area contributed by atoms with Crippen molar-refractivity contribution in [1.29, 1.82) is 0 Å². The normalized spacial score (nSPS) is 30.4.